The van der Waals surface area contributed by atoms with Crippen LogP contribution in [0.1, 0.15) is 36.8 Å². The van der Waals surface area contributed by atoms with E-state index in [0.717, 1.165) is 49.0 Å². The Kier molecular flexibility index (Phi) is 5.49. The van der Waals surface area contributed by atoms with Gasteiger partial charge in [-0.05, 0) is 42.5 Å². The fourth-order valence-corrected chi connectivity index (χ4v) is 3.55. The van der Waals surface area contributed by atoms with Crippen LogP contribution in [0, 0.1) is 0 Å². The van der Waals surface area contributed by atoms with Gasteiger partial charge in [-0.3, -0.25) is 4.79 Å². The second-order valence-electron chi connectivity index (χ2n) is 7.13. The molecule has 1 amide bonds. The van der Waals surface area contributed by atoms with Gasteiger partial charge in [0.2, 0.25) is 5.91 Å². The van der Waals surface area contributed by atoms with E-state index in [1.54, 1.807) is 0 Å². The molecule has 0 bridgehead atoms. The van der Waals surface area contributed by atoms with Crippen molar-refractivity contribution in [2.24, 2.45) is 0 Å². The van der Waals surface area contributed by atoms with Gasteiger partial charge in [0.15, 0.2) is 0 Å². The number of fused-ring (bicyclic) bond motifs is 1. The van der Waals surface area contributed by atoms with Gasteiger partial charge < -0.3 is 14.6 Å². The van der Waals surface area contributed by atoms with Gasteiger partial charge in [-0.1, -0.05) is 36.4 Å². The molecule has 0 spiro atoms. The quantitative estimate of drug-likeness (QED) is 0.697. The fraction of sp³-hybridized carbons (Fsp3) is 0.364. The van der Waals surface area contributed by atoms with Crippen LogP contribution in [0.3, 0.4) is 0 Å². The third-order valence-electron chi connectivity index (χ3n) is 5.11. The Bertz CT molecular complexity index is 895. The number of carbonyl (C=O) groups is 1. The molecule has 1 saturated heterocycles. The largest absolute Gasteiger partial charge is 0.378 e. The topological polar surface area (TPSA) is 56.1 Å². The number of ether oxygens (including phenoxy) is 1. The number of hydrogen-bond acceptors (Lipinski definition) is 3. The summed E-state index contributed by atoms with van der Waals surface area (Å²) in [7, 11) is 0. The smallest absolute Gasteiger partial charge is 0.220 e. The van der Waals surface area contributed by atoms with E-state index < -0.39 is 0 Å². The highest BCUT2D eigenvalue weighted by molar-refractivity contribution is 5.76. The van der Waals surface area contributed by atoms with Crippen molar-refractivity contribution >= 4 is 16.9 Å². The number of para-hydroxylation sites is 2. The third kappa shape index (κ3) is 4.55. The van der Waals surface area contributed by atoms with Gasteiger partial charge in [0, 0.05) is 26.1 Å². The summed E-state index contributed by atoms with van der Waals surface area (Å²) in [6.07, 6.45) is 5.72. The lowest BCUT2D eigenvalue weighted by Crippen LogP contribution is -2.23. The van der Waals surface area contributed by atoms with E-state index in [2.05, 4.69) is 45.2 Å². The van der Waals surface area contributed by atoms with Crippen molar-refractivity contribution < 1.29 is 9.53 Å². The van der Waals surface area contributed by atoms with E-state index in [4.69, 9.17) is 4.74 Å². The molecule has 5 nitrogen and oxygen atoms in total. The first-order valence-corrected chi connectivity index (χ1v) is 9.64. The summed E-state index contributed by atoms with van der Waals surface area (Å²) >= 11 is 0. The van der Waals surface area contributed by atoms with Crippen molar-refractivity contribution in [2.75, 3.05) is 6.61 Å². The van der Waals surface area contributed by atoms with Crippen molar-refractivity contribution in [1.82, 2.24) is 14.9 Å². The van der Waals surface area contributed by atoms with Crippen molar-refractivity contribution in [3.63, 3.8) is 0 Å². The maximum Gasteiger partial charge on any atom is 0.220 e. The number of imidazole rings is 1. The molecule has 27 heavy (non-hydrogen) atoms. The molecule has 2 aromatic carbocycles. The second kappa shape index (κ2) is 8.35. The Balaban J connectivity index is 1.27. The standard InChI is InChI=1S/C22H25N3O2/c26-22(12-11-19-4-3-13-27-19)23-14-17-7-9-18(10-8-17)15-25-16-24-20-5-1-2-6-21(20)25/h1-2,5-10,16,19H,3-4,11-15H2,(H,23,26)/t19-/m0/s1. The molecule has 1 aliphatic heterocycles. The molecule has 4 rings (SSSR count). The molecule has 140 valence electrons. The molecule has 1 N–H and O–H groups in total. The Morgan fingerprint density at radius 1 is 1.15 bits per heavy atom. The maximum absolute atomic E-state index is 12.0. The summed E-state index contributed by atoms with van der Waals surface area (Å²) in [5, 5.41) is 3.00. The monoisotopic (exact) mass is 363 g/mol. The van der Waals surface area contributed by atoms with E-state index in [1.165, 1.54) is 5.56 Å². The Morgan fingerprint density at radius 3 is 2.78 bits per heavy atom. The number of nitrogens with zero attached hydrogens (tertiary/aromatic N) is 2. The van der Waals surface area contributed by atoms with Crippen LogP contribution >= 0.6 is 0 Å². The number of hydrogen-bond donors (Lipinski definition) is 1. The minimum absolute atomic E-state index is 0.0967. The second-order valence-corrected chi connectivity index (χ2v) is 7.13. The molecular formula is C22H25N3O2. The number of benzene rings is 2. The molecule has 1 aliphatic rings. The van der Waals surface area contributed by atoms with Gasteiger partial charge in [0.25, 0.3) is 0 Å². The SMILES string of the molecule is O=C(CC[C@@H]1CCCO1)NCc1ccc(Cn2cnc3ccccc32)cc1. The minimum Gasteiger partial charge on any atom is -0.378 e. The van der Waals surface area contributed by atoms with Gasteiger partial charge in [-0.15, -0.1) is 0 Å². The maximum atomic E-state index is 12.0. The van der Waals surface area contributed by atoms with Crippen LogP contribution in [-0.4, -0.2) is 28.2 Å². The minimum atomic E-state index is 0.0967. The van der Waals surface area contributed by atoms with Crippen LogP contribution in [0.4, 0.5) is 0 Å². The lowest BCUT2D eigenvalue weighted by Gasteiger charge is -2.10. The van der Waals surface area contributed by atoms with Crippen LogP contribution in [0.15, 0.2) is 54.9 Å². The highest BCUT2D eigenvalue weighted by Crippen LogP contribution is 2.17. The van der Waals surface area contributed by atoms with Crippen LogP contribution in [0.25, 0.3) is 11.0 Å². The average molecular weight is 363 g/mol. The zero-order chi connectivity index (χ0) is 18.5. The zero-order valence-corrected chi connectivity index (χ0v) is 15.4. The Hall–Kier alpha value is -2.66. The lowest BCUT2D eigenvalue weighted by atomic mass is 10.1. The first-order valence-electron chi connectivity index (χ1n) is 9.64. The molecule has 0 saturated carbocycles. The Morgan fingerprint density at radius 2 is 1.96 bits per heavy atom. The summed E-state index contributed by atoms with van der Waals surface area (Å²) in [4.78, 5) is 16.4. The molecule has 3 aromatic rings. The van der Waals surface area contributed by atoms with Crippen molar-refractivity contribution in [3.05, 3.63) is 66.0 Å². The molecule has 0 radical (unpaired) electrons. The summed E-state index contributed by atoms with van der Waals surface area (Å²) in [5.74, 6) is 0.0967. The van der Waals surface area contributed by atoms with Gasteiger partial charge in [0.1, 0.15) is 0 Å². The third-order valence-corrected chi connectivity index (χ3v) is 5.11. The molecule has 2 heterocycles. The van der Waals surface area contributed by atoms with E-state index in [1.807, 2.05) is 24.5 Å². The predicted molar refractivity (Wildman–Crippen MR) is 105 cm³/mol. The van der Waals surface area contributed by atoms with E-state index in [9.17, 15) is 4.79 Å². The van der Waals surface area contributed by atoms with E-state index >= 15 is 0 Å². The van der Waals surface area contributed by atoms with Gasteiger partial charge in [0.05, 0.1) is 23.5 Å². The number of aromatic nitrogens is 2. The van der Waals surface area contributed by atoms with Crippen LogP contribution in [0.2, 0.25) is 0 Å². The molecule has 1 atom stereocenters. The molecule has 0 aliphatic carbocycles. The highest BCUT2D eigenvalue weighted by Gasteiger charge is 2.16. The highest BCUT2D eigenvalue weighted by atomic mass is 16.5. The normalized spacial score (nSPS) is 16.7. The van der Waals surface area contributed by atoms with Gasteiger partial charge in [-0.2, -0.15) is 0 Å². The van der Waals surface area contributed by atoms with E-state index in [-0.39, 0.29) is 12.0 Å². The lowest BCUT2D eigenvalue weighted by molar-refractivity contribution is -0.121. The molecular weight excluding hydrogens is 338 g/mol. The van der Waals surface area contributed by atoms with Crippen LogP contribution in [0.5, 0.6) is 0 Å². The van der Waals surface area contributed by atoms with Crippen molar-refractivity contribution in [3.8, 4) is 0 Å². The fourth-order valence-electron chi connectivity index (χ4n) is 3.55. The van der Waals surface area contributed by atoms with Gasteiger partial charge >= 0.3 is 0 Å². The zero-order valence-electron chi connectivity index (χ0n) is 15.4. The van der Waals surface area contributed by atoms with Crippen LogP contribution in [-0.2, 0) is 22.6 Å². The average Bonchev–Trinajstić information content (AvgIpc) is 3.36. The number of rotatable bonds is 7. The summed E-state index contributed by atoms with van der Waals surface area (Å²) < 4.78 is 7.71. The van der Waals surface area contributed by atoms with Crippen molar-refractivity contribution in [2.45, 2.75) is 44.9 Å². The molecule has 5 heteroatoms. The molecule has 1 aromatic heterocycles. The summed E-state index contributed by atoms with van der Waals surface area (Å²) in [6.45, 7) is 2.20. The molecule has 1 fully saturated rings. The number of carbonyl (C=O) groups excluding carboxylic acids is 1. The van der Waals surface area contributed by atoms with Gasteiger partial charge in [-0.25, -0.2) is 4.98 Å². The first-order chi connectivity index (χ1) is 13.3. The number of amides is 1. The predicted octanol–water partition coefficient (Wildman–Crippen LogP) is 3.66. The Labute approximate surface area is 159 Å². The molecule has 0 unspecified atom stereocenters. The number of nitrogens with one attached hydrogen (secondary N) is 1. The summed E-state index contributed by atoms with van der Waals surface area (Å²) in [6, 6.07) is 16.5. The first kappa shape index (κ1) is 17.7. The summed E-state index contributed by atoms with van der Waals surface area (Å²) in [5.41, 5.74) is 4.48. The van der Waals surface area contributed by atoms with E-state index in [0.29, 0.717) is 13.0 Å². The van der Waals surface area contributed by atoms with Crippen molar-refractivity contribution in [1.29, 1.82) is 0 Å². The van der Waals surface area contributed by atoms with Crippen LogP contribution < -0.4 is 5.32 Å².